The number of rotatable bonds is 5. The Bertz CT molecular complexity index is 692. The molecule has 1 fully saturated rings. The molecule has 0 saturated carbocycles. The molecule has 2 bridgehead atoms. The summed E-state index contributed by atoms with van der Waals surface area (Å²) in [4.78, 5) is 23.7. The van der Waals surface area contributed by atoms with Gasteiger partial charge >= 0.3 is 5.54 Å². The average molecular weight is 334 g/mol. The zero-order valence-corrected chi connectivity index (χ0v) is 13.4. The van der Waals surface area contributed by atoms with Crippen molar-refractivity contribution in [3.8, 4) is 0 Å². The Balaban J connectivity index is 1.99. The maximum atomic E-state index is 11.9. The topological polar surface area (TPSA) is 100.0 Å². The van der Waals surface area contributed by atoms with Crippen molar-refractivity contribution in [2.45, 2.75) is 30.5 Å². The van der Waals surface area contributed by atoms with E-state index in [1.165, 1.54) is 13.2 Å². The van der Waals surface area contributed by atoms with Gasteiger partial charge in [-0.25, -0.2) is 0 Å². The minimum atomic E-state index is -1.53. The van der Waals surface area contributed by atoms with Gasteiger partial charge in [0.05, 0.1) is 7.11 Å². The summed E-state index contributed by atoms with van der Waals surface area (Å²) in [5.41, 5.74) is -1.83. The Labute approximate surface area is 139 Å². The molecule has 0 spiro atoms. The molecule has 0 aromatic heterocycles. The molecule has 0 amide bonds. The SMILES string of the molecule is COC1=CC[C@@]2([N+](=O)[O-])C[NH+](Cc3ccccc3)C[C@]1([N+](=O)[O-])C2. The van der Waals surface area contributed by atoms with Crippen LogP contribution in [0.2, 0.25) is 0 Å². The lowest BCUT2D eigenvalue weighted by Crippen LogP contribution is -3.17. The number of methoxy groups -OCH3 is 1. The highest BCUT2D eigenvalue weighted by atomic mass is 16.6. The second-order valence-corrected chi connectivity index (χ2v) is 6.69. The summed E-state index contributed by atoms with van der Waals surface area (Å²) >= 11 is 0. The Morgan fingerprint density at radius 1 is 1.17 bits per heavy atom. The summed E-state index contributed by atoms with van der Waals surface area (Å²) in [7, 11) is 1.39. The predicted octanol–water partition coefficient (Wildman–Crippen LogP) is 0.440. The van der Waals surface area contributed by atoms with Gasteiger partial charge in [-0.1, -0.05) is 30.3 Å². The summed E-state index contributed by atoms with van der Waals surface area (Å²) in [5.74, 6) is 0.246. The summed E-state index contributed by atoms with van der Waals surface area (Å²) in [5, 5.41) is 23.6. The molecule has 1 saturated heterocycles. The molecule has 128 valence electrons. The van der Waals surface area contributed by atoms with E-state index in [2.05, 4.69) is 0 Å². The molecular weight excluding hydrogens is 314 g/mol. The molecule has 0 radical (unpaired) electrons. The van der Waals surface area contributed by atoms with Crippen molar-refractivity contribution in [3.63, 3.8) is 0 Å². The van der Waals surface area contributed by atoms with Gasteiger partial charge in [0, 0.05) is 21.8 Å². The van der Waals surface area contributed by atoms with E-state index in [0.29, 0.717) is 6.54 Å². The number of benzene rings is 1. The lowest BCUT2D eigenvalue weighted by molar-refractivity contribution is -0.955. The zero-order chi connectivity index (χ0) is 17.4. The fourth-order valence-electron chi connectivity index (χ4n) is 4.11. The number of fused-ring (bicyclic) bond motifs is 2. The first-order valence-electron chi connectivity index (χ1n) is 7.83. The van der Waals surface area contributed by atoms with Gasteiger partial charge in [-0.15, -0.1) is 0 Å². The van der Waals surface area contributed by atoms with E-state index >= 15 is 0 Å². The minimum absolute atomic E-state index is 0.113. The standard InChI is InChI=1S/C16H19N3O5/c1-24-14-7-8-15(18(20)21)10-16(14,19(22)23)12-17(11-15)9-13-5-3-2-4-6-13/h2-7H,8-12H2,1H3/p+1/t15-,16+/m0/s1. The highest BCUT2D eigenvalue weighted by molar-refractivity contribution is 5.21. The average Bonchev–Trinajstić information content (AvgIpc) is 2.55. The Kier molecular flexibility index (Phi) is 4.00. The van der Waals surface area contributed by atoms with Crippen molar-refractivity contribution >= 4 is 0 Å². The van der Waals surface area contributed by atoms with E-state index < -0.39 is 16.0 Å². The summed E-state index contributed by atoms with van der Waals surface area (Å²) in [6.45, 7) is 0.977. The number of nitrogens with one attached hydrogen (secondary N) is 1. The Morgan fingerprint density at radius 2 is 1.88 bits per heavy atom. The minimum Gasteiger partial charge on any atom is -0.494 e. The first-order valence-corrected chi connectivity index (χ1v) is 7.83. The van der Waals surface area contributed by atoms with Crippen LogP contribution in [0.1, 0.15) is 18.4 Å². The van der Waals surface area contributed by atoms with Crippen molar-refractivity contribution in [1.82, 2.24) is 0 Å². The molecule has 3 rings (SSSR count). The Hall–Kier alpha value is -2.48. The number of hydrogen-bond donors (Lipinski definition) is 1. The third kappa shape index (κ3) is 2.52. The molecule has 1 aromatic rings. The number of piperidine rings is 1. The van der Waals surface area contributed by atoms with Gasteiger partial charge in [-0.3, -0.25) is 20.2 Å². The van der Waals surface area contributed by atoms with Gasteiger partial charge < -0.3 is 9.64 Å². The molecule has 8 heteroatoms. The first kappa shape index (κ1) is 16.4. The van der Waals surface area contributed by atoms with Crippen LogP contribution in [0, 0.1) is 20.2 Å². The molecular formula is C16H20N3O5+. The number of quaternary nitrogens is 1. The van der Waals surface area contributed by atoms with Crippen LogP contribution < -0.4 is 4.90 Å². The van der Waals surface area contributed by atoms with Crippen LogP contribution in [0.15, 0.2) is 42.2 Å². The first-order chi connectivity index (χ1) is 11.4. The van der Waals surface area contributed by atoms with Crippen LogP contribution in [-0.2, 0) is 11.3 Å². The van der Waals surface area contributed by atoms with Crippen LogP contribution in [0.4, 0.5) is 0 Å². The third-order valence-corrected chi connectivity index (χ3v) is 5.12. The van der Waals surface area contributed by atoms with Gasteiger partial charge in [-0.05, 0) is 6.08 Å². The summed E-state index contributed by atoms with van der Waals surface area (Å²) < 4.78 is 5.25. The van der Waals surface area contributed by atoms with Gasteiger partial charge in [0.1, 0.15) is 19.5 Å². The second-order valence-electron chi connectivity index (χ2n) is 6.69. The van der Waals surface area contributed by atoms with Gasteiger partial charge in [0.25, 0.3) is 5.54 Å². The normalized spacial score (nSPS) is 31.9. The maximum Gasteiger partial charge on any atom is 0.331 e. The second kappa shape index (κ2) is 5.86. The van der Waals surface area contributed by atoms with E-state index in [-0.39, 0.29) is 36.6 Å². The smallest absolute Gasteiger partial charge is 0.331 e. The van der Waals surface area contributed by atoms with E-state index in [4.69, 9.17) is 4.74 Å². The zero-order valence-electron chi connectivity index (χ0n) is 13.4. The van der Waals surface area contributed by atoms with E-state index in [1.807, 2.05) is 30.3 Å². The molecule has 1 aliphatic heterocycles. The van der Waals surface area contributed by atoms with Gasteiger partial charge in [0.2, 0.25) is 0 Å². The number of hydrogen-bond acceptors (Lipinski definition) is 5. The molecule has 8 nitrogen and oxygen atoms in total. The molecule has 1 unspecified atom stereocenters. The number of ether oxygens (including phenoxy) is 1. The number of nitrogens with zero attached hydrogens (tertiary/aromatic N) is 2. The highest BCUT2D eigenvalue weighted by Gasteiger charge is 2.69. The van der Waals surface area contributed by atoms with Crippen LogP contribution >= 0.6 is 0 Å². The lowest BCUT2D eigenvalue weighted by Gasteiger charge is -2.43. The van der Waals surface area contributed by atoms with E-state index in [9.17, 15) is 20.2 Å². The largest absolute Gasteiger partial charge is 0.494 e. The third-order valence-electron chi connectivity index (χ3n) is 5.12. The molecule has 1 heterocycles. The lowest BCUT2D eigenvalue weighted by atomic mass is 9.71. The fourth-order valence-corrected chi connectivity index (χ4v) is 4.11. The summed E-state index contributed by atoms with van der Waals surface area (Å²) in [6.07, 6.45) is 1.59. The number of likely N-dealkylation sites (tertiary alicyclic amines) is 1. The van der Waals surface area contributed by atoms with Crippen LogP contribution in [0.5, 0.6) is 0 Å². The summed E-state index contributed by atoms with van der Waals surface area (Å²) in [6, 6.07) is 9.55. The molecule has 24 heavy (non-hydrogen) atoms. The highest BCUT2D eigenvalue weighted by Crippen LogP contribution is 2.40. The van der Waals surface area contributed by atoms with E-state index in [1.54, 1.807) is 0 Å². The Morgan fingerprint density at radius 3 is 2.46 bits per heavy atom. The quantitative estimate of drug-likeness (QED) is 0.622. The van der Waals surface area contributed by atoms with Crippen molar-refractivity contribution in [3.05, 3.63) is 68.0 Å². The van der Waals surface area contributed by atoms with Gasteiger partial charge in [-0.2, -0.15) is 0 Å². The molecule has 1 N–H and O–H groups in total. The van der Waals surface area contributed by atoms with Crippen molar-refractivity contribution in [2.75, 3.05) is 20.2 Å². The monoisotopic (exact) mass is 334 g/mol. The van der Waals surface area contributed by atoms with Gasteiger partial charge in [0.15, 0.2) is 12.3 Å². The fraction of sp³-hybridized carbons (Fsp3) is 0.500. The van der Waals surface area contributed by atoms with Crippen molar-refractivity contribution in [2.24, 2.45) is 0 Å². The molecule has 1 aromatic carbocycles. The molecule has 2 aliphatic rings. The van der Waals surface area contributed by atoms with Crippen molar-refractivity contribution < 1.29 is 19.5 Å². The maximum absolute atomic E-state index is 11.9. The van der Waals surface area contributed by atoms with Crippen LogP contribution in [0.3, 0.4) is 0 Å². The molecule has 1 aliphatic carbocycles. The van der Waals surface area contributed by atoms with Crippen molar-refractivity contribution in [1.29, 1.82) is 0 Å². The van der Waals surface area contributed by atoms with Crippen LogP contribution in [0.25, 0.3) is 0 Å². The number of nitro groups is 2. The molecule has 3 atom stereocenters. The van der Waals surface area contributed by atoms with Crippen LogP contribution in [-0.4, -0.2) is 41.1 Å². The predicted molar refractivity (Wildman–Crippen MR) is 84.6 cm³/mol. The van der Waals surface area contributed by atoms with E-state index in [0.717, 1.165) is 10.5 Å².